The number of para-hydroxylation sites is 1. The highest BCUT2D eigenvalue weighted by Gasteiger charge is 2.56. The van der Waals surface area contributed by atoms with E-state index in [-0.39, 0.29) is 5.41 Å². The minimum Gasteiger partial charge on any atom is -0.238 e. The van der Waals surface area contributed by atoms with Gasteiger partial charge >= 0.3 is 0 Å². The van der Waals surface area contributed by atoms with Crippen LogP contribution in [0, 0.1) is 5.92 Å². The predicted molar refractivity (Wildman–Crippen MR) is 104 cm³/mol. The largest absolute Gasteiger partial charge is 0.268 e. The molecule has 4 heteroatoms. The Kier molecular flexibility index (Phi) is 3.54. The molecule has 0 saturated heterocycles. The molecule has 1 fully saturated rings. The van der Waals surface area contributed by atoms with Crippen molar-refractivity contribution in [3.63, 3.8) is 0 Å². The van der Waals surface area contributed by atoms with Crippen LogP contribution < -0.4 is 4.31 Å². The van der Waals surface area contributed by atoms with E-state index in [0.29, 0.717) is 10.8 Å². The molecule has 3 nitrogen and oxygen atoms in total. The molecule has 2 aromatic rings. The van der Waals surface area contributed by atoms with E-state index in [9.17, 15) is 8.42 Å². The van der Waals surface area contributed by atoms with Crippen LogP contribution in [0.3, 0.4) is 0 Å². The second-order valence-corrected chi connectivity index (χ2v) is 9.47. The van der Waals surface area contributed by atoms with Crippen LogP contribution in [0.2, 0.25) is 0 Å². The van der Waals surface area contributed by atoms with Crippen LogP contribution in [-0.4, -0.2) is 8.42 Å². The average molecular weight is 365 g/mol. The molecule has 1 heterocycles. The summed E-state index contributed by atoms with van der Waals surface area (Å²) in [5.41, 5.74) is 2.97. The van der Waals surface area contributed by atoms with Gasteiger partial charge in [-0.2, -0.15) is 0 Å². The topological polar surface area (TPSA) is 37.4 Å². The maximum Gasteiger partial charge on any atom is 0.268 e. The van der Waals surface area contributed by atoms with Gasteiger partial charge in [0.15, 0.2) is 0 Å². The van der Waals surface area contributed by atoms with E-state index in [2.05, 4.69) is 18.2 Å². The fraction of sp³-hybridized carbons (Fsp3) is 0.364. The van der Waals surface area contributed by atoms with Gasteiger partial charge in [0, 0.05) is 11.1 Å². The Morgan fingerprint density at radius 1 is 0.923 bits per heavy atom. The molecule has 1 aliphatic heterocycles. The summed E-state index contributed by atoms with van der Waals surface area (Å²) < 4.78 is 28.9. The number of fused-ring (bicyclic) bond motifs is 1. The third-order valence-corrected chi connectivity index (χ3v) is 8.23. The molecule has 1 saturated carbocycles. The van der Waals surface area contributed by atoms with Crippen LogP contribution in [0.25, 0.3) is 0 Å². The van der Waals surface area contributed by atoms with Crippen molar-refractivity contribution in [2.75, 3.05) is 4.31 Å². The van der Waals surface area contributed by atoms with Crippen LogP contribution in [0.1, 0.15) is 44.1 Å². The Morgan fingerprint density at radius 2 is 1.69 bits per heavy atom. The summed E-state index contributed by atoms with van der Waals surface area (Å²) in [7, 11) is -3.61. The molecule has 0 N–H and O–H groups in total. The lowest BCUT2D eigenvalue weighted by atomic mass is 9.59. The molecule has 3 aliphatic rings. The van der Waals surface area contributed by atoms with Gasteiger partial charge in [-0.05, 0) is 55.4 Å². The van der Waals surface area contributed by atoms with Crippen LogP contribution in [0.4, 0.5) is 5.69 Å². The molecular weight excluding hydrogens is 342 g/mol. The maximum atomic E-state index is 13.6. The van der Waals surface area contributed by atoms with Crippen molar-refractivity contribution in [2.45, 2.75) is 48.8 Å². The van der Waals surface area contributed by atoms with Gasteiger partial charge in [-0.1, -0.05) is 55.3 Å². The minimum absolute atomic E-state index is 0.116. The molecule has 134 valence electrons. The van der Waals surface area contributed by atoms with Crippen LogP contribution in [-0.2, 0) is 15.4 Å². The highest BCUT2D eigenvalue weighted by atomic mass is 32.2. The number of allylic oxidation sites excluding steroid dienone is 2. The third-order valence-electron chi connectivity index (χ3n) is 6.48. The lowest BCUT2D eigenvalue weighted by molar-refractivity contribution is 0.204. The van der Waals surface area contributed by atoms with Gasteiger partial charge in [-0.3, -0.25) is 0 Å². The number of hydrogen-bond donors (Lipinski definition) is 0. The quantitative estimate of drug-likeness (QED) is 0.751. The smallest absolute Gasteiger partial charge is 0.238 e. The highest BCUT2D eigenvalue weighted by Crippen LogP contribution is 2.61. The Labute approximate surface area is 155 Å². The third kappa shape index (κ3) is 2.02. The summed E-state index contributed by atoms with van der Waals surface area (Å²) in [5.74, 6) is 0.549. The molecule has 0 radical (unpaired) electrons. The second-order valence-electron chi connectivity index (χ2n) is 7.68. The standard InChI is InChI=1S/C22H23NO2S/c24-26(25,18-11-2-1-3-12-18)23-20-14-5-4-13-19(20)22-16-7-6-9-17(22)10-8-15-21(22)23/h1-5,11-15,17H,6-10,16H2. The molecular formula is C22H23NO2S. The zero-order valence-electron chi connectivity index (χ0n) is 14.8. The molecule has 2 atom stereocenters. The van der Waals surface area contributed by atoms with E-state index in [1.54, 1.807) is 28.6 Å². The first-order valence-electron chi connectivity index (χ1n) is 9.56. The number of hydrogen-bond acceptors (Lipinski definition) is 2. The van der Waals surface area contributed by atoms with Crippen molar-refractivity contribution < 1.29 is 8.42 Å². The van der Waals surface area contributed by atoms with E-state index in [4.69, 9.17) is 0 Å². The van der Waals surface area contributed by atoms with E-state index in [1.165, 1.54) is 24.8 Å². The highest BCUT2D eigenvalue weighted by molar-refractivity contribution is 7.93. The first-order valence-corrected chi connectivity index (χ1v) is 11.0. The summed E-state index contributed by atoms with van der Waals surface area (Å²) in [4.78, 5) is 0.366. The summed E-state index contributed by atoms with van der Waals surface area (Å²) in [6.07, 6.45) is 9.01. The normalized spacial score (nSPS) is 27.3. The van der Waals surface area contributed by atoms with Crippen LogP contribution >= 0.6 is 0 Å². The number of benzene rings is 2. The Hall–Kier alpha value is -2.07. The number of sulfonamides is 1. The Balaban J connectivity index is 1.77. The molecule has 5 rings (SSSR count). The van der Waals surface area contributed by atoms with Gasteiger partial charge in [0.1, 0.15) is 0 Å². The zero-order valence-corrected chi connectivity index (χ0v) is 15.6. The minimum atomic E-state index is -3.61. The van der Waals surface area contributed by atoms with Gasteiger partial charge in [0.25, 0.3) is 10.0 Å². The molecule has 0 amide bonds. The van der Waals surface area contributed by atoms with E-state index >= 15 is 0 Å². The fourth-order valence-electron chi connectivity index (χ4n) is 5.45. The number of nitrogens with zero attached hydrogens (tertiary/aromatic N) is 1. The van der Waals surface area contributed by atoms with Crippen molar-refractivity contribution in [1.82, 2.24) is 0 Å². The Bertz CT molecular complexity index is 980. The summed E-state index contributed by atoms with van der Waals surface area (Å²) in [6, 6.07) is 17.0. The molecule has 2 aromatic carbocycles. The van der Waals surface area contributed by atoms with Crippen molar-refractivity contribution in [3.05, 3.63) is 71.9 Å². The van der Waals surface area contributed by atoms with Crippen molar-refractivity contribution >= 4 is 15.7 Å². The molecule has 0 bridgehead atoms. The SMILES string of the molecule is O=S(=O)(c1ccccc1)N1C2=CCCC3CCCCC23c2ccccc21. The van der Waals surface area contributed by atoms with Crippen molar-refractivity contribution in [1.29, 1.82) is 0 Å². The first kappa shape index (κ1) is 16.1. The monoisotopic (exact) mass is 365 g/mol. The number of rotatable bonds is 2. The van der Waals surface area contributed by atoms with Gasteiger partial charge in [-0.25, -0.2) is 12.7 Å². The van der Waals surface area contributed by atoms with Crippen molar-refractivity contribution in [3.8, 4) is 0 Å². The Morgan fingerprint density at radius 3 is 2.54 bits per heavy atom. The van der Waals surface area contributed by atoms with Crippen molar-refractivity contribution in [2.24, 2.45) is 5.92 Å². The van der Waals surface area contributed by atoms with E-state index in [1.807, 2.05) is 18.2 Å². The molecule has 0 aromatic heterocycles. The fourth-order valence-corrected chi connectivity index (χ4v) is 7.07. The van der Waals surface area contributed by atoms with Crippen LogP contribution in [0.5, 0.6) is 0 Å². The van der Waals surface area contributed by atoms with E-state index < -0.39 is 10.0 Å². The van der Waals surface area contributed by atoms with Gasteiger partial charge < -0.3 is 0 Å². The average Bonchev–Trinajstić information content (AvgIpc) is 2.98. The maximum absolute atomic E-state index is 13.6. The van der Waals surface area contributed by atoms with Crippen LogP contribution in [0.15, 0.2) is 71.3 Å². The molecule has 2 unspecified atom stereocenters. The molecule has 26 heavy (non-hydrogen) atoms. The zero-order chi connectivity index (χ0) is 17.8. The summed E-state index contributed by atoms with van der Waals surface area (Å²) >= 11 is 0. The van der Waals surface area contributed by atoms with Gasteiger partial charge in [0.05, 0.1) is 10.6 Å². The predicted octanol–water partition coefficient (Wildman–Crippen LogP) is 5.00. The summed E-state index contributed by atoms with van der Waals surface area (Å²) in [6.45, 7) is 0. The lowest BCUT2D eigenvalue weighted by Gasteiger charge is -2.46. The molecule has 1 spiro atoms. The summed E-state index contributed by atoms with van der Waals surface area (Å²) in [5, 5.41) is 0. The van der Waals surface area contributed by atoms with Gasteiger partial charge in [-0.15, -0.1) is 0 Å². The number of anilines is 1. The lowest BCUT2D eigenvalue weighted by Crippen LogP contribution is -2.43. The van der Waals surface area contributed by atoms with Gasteiger partial charge in [0.2, 0.25) is 0 Å². The molecule has 2 aliphatic carbocycles. The first-order chi connectivity index (χ1) is 12.7. The second kappa shape index (κ2) is 5.71. The van der Waals surface area contributed by atoms with E-state index in [0.717, 1.165) is 30.6 Å².